The molecule has 0 aliphatic carbocycles. The molecule has 0 saturated heterocycles. The monoisotopic (exact) mass is 468 g/mol. The first-order chi connectivity index (χ1) is 14.9. The van der Waals surface area contributed by atoms with Gasteiger partial charge in [0.15, 0.2) is 11.0 Å². The lowest BCUT2D eigenvalue weighted by Gasteiger charge is -2.08. The Morgan fingerprint density at radius 2 is 1.81 bits per heavy atom. The van der Waals surface area contributed by atoms with E-state index >= 15 is 0 Å². The van der Waals surface area contributed by atoms with Gasteiger partial charge in [-0.3, -0.25) is 4.79 Å². The van der Waals surface area contributed by atoms with Crippen LogP contribution in [-0.2, 0) is 11.8 Å². The van der Waals surface area contributed by atoms with Crippen molar-refractivity contribution in [3.05, 3.63) is 69.4 Å². The molecular formula is C23H21ClN4OS2. The number of aryl methyl sites for hydroxylation is 2. The van der Waals surface area contributed by atoms with Gasteiger partial charge in [-0.05, 0) is 43.7 Å². The predicted octanol–water partition coefficient (Wildman–Crippen LogP) is 6.21. The van der Waals surface area contributed by atoms with E-state index < -0.39 is 0 Å². The topological polar surface area (TPSA) is 59.8 Å². The Kier molecular flexibility index (Phi) is 6.46. The summed E-state index contributed by atoms with van der Waals surface area (Å²) in [5.41, 5.74) is 5.34. The lowest BCUT2D eigenvalue weighted by molar-refractivity contribution is -0.113. The number of rotatable bonds is 6. The zero-order valence-corrected chi connectivity index (χ0v) is 19.7. The van der Waals surface area contributed by atoms with E-state index in [1.807, 2.05) is 11.6 Å². The van der Waals surface area contributed by atoms with Crippen LogP contribution in [0, 0.1) is 13.8 Å². The van der Waals surface area contributed by atoms with E-state index in [2.05, 4.69) is 59.0 Å². The van der Waals surface area contributed by atoms with Crippen LogP contribution in [0.4, 0.5) is 5.69 Å². The average molecular weight is 469 g/mol. The molecular weight excluding hydrogens is 448 g/mol. The van der Waals surface area contributed by atoms with Gasteiger partial charge >= 0.3 is 0 Å². The van der Waals surface area contributed by atoms with Gasteiger partial charge in [-0.25, -0.2) is 0 Å². The second-order valence-corrected chi connectivity index (χ2v) is 9.62. The van der Waals surface area contributed by atoms with E-state index in [1.165, 1.54) is 33.3 Å². The van der Waals surface area contributed by atoms with Crippen LogP contribution in [-0.4, -0.2) is 26.4 Å². The standard InChI is InChI=1S/C23H21ClN4OS2/c1-14-4-6-16(7-5-14)21-15(2)30-12-19(21)22-26-27-23(28(22)3)31-13-20(29)25-18-10-8-17(24)9-11-18/h4-12H,13H2,1-3H3,(H,25,29). The van der Waals surface area contributed by atoms with Crippen molar-refractivity contribution >= 4 is 46.3 Å². The molecule has 1 N–H and O–H groups in total. The number of hydrogen-bond acceptors (Lipinski definition) is 5. The summed E-state index contributed by atoms with van der Waals surface area (Å²) < 4.78 is 1.94. The van der Waals surface area contributed by atoms with Crippen molar-refractivity contribution in [2.24, 2.45) is 7.05 Å². The van der Waals surface area contributed by atoms with Crippen molar-refractivity contribution in [1.82, 2.24) is 14.8 Å². The van der Waals surface area contributed by atoms with Gasteiger partial charge in [0, 0.05) is 39.1 Å². The number of aromatic nitrogens is 3. The number of anilines is 1. The number of amides is 1. The fraction of sp³-hybridized carbons (Fsp3) is 0.174. The van der Waals surface area contributed by atoms with Crippen molar-refractivity contribution < 1.29 is 4.79 Å². The molecule has 0 bridgehead atoms. The molecule has 0 unspecified atom stereocenters. The van der Waals surface area contributed by atoms with E-state index in [1.54, 1.807) is 35.6 Å². The largest absolute Gasteiger partial charge is 0.325 e. The summed E-state index contributed by atoms with van der Waals surface area (Å²) in [7, 11) is 1.93. The fourth-order valence-electron chi connectivity index (χ4n) is 3.23. The highest BCUT2D eigenvalue weighted by Gasteiger charge is 2.19. The van der Waals surface area contributed by atoms with Crippen LogP contribution in [0.1, 0.15) is 10.4 Å². The summed E-state index contributed by atoms with van der Waals surface area (Å²) in [5.74, 6) is 0.923. The van der Waals surface area contributed by atoms with E-state index in [0.717, 1.165) is 11.4 Å². The first-order valence-corrected chi connectivity index (χ1v) is 11.9. The Bertz CT molecular complexity index is 1210. The molecule has 2 heterocycles. The minimum absolute atomic E-state index is 0.108. The van der Waals surface area contributed by atoms with Crippen molar-refractivity contribution in [2.45, 2.75) is 19.0 Å². The maximum absolute atomic E-state index is 12.3. The van der Waals surface area contributed by atoms with Gasteiger partial charge in [0.05, 0.1) is 5.75 Å². The summed E-state index contributed by atoms with van der Waals surface area (Å²) >= 11 is 8.94. The van der Waals surface area contributed by atoms with Crippen LogP contribution in [0.2, 0.25) is 5.02 Å². The first-order valence-electron chi connectivity index (χ1n) is 9.65. The molecule has 0 aliphatic heterocycles. The van der Waals surface area contributed by atoms with E-state index in [-0.39, 0.29) is 11.7 Å². The predicted molar refractivity (Wildman–Crippen MR) is 130 cm³/mol. The number of hydrogen-bond donors (Lipinski definition) is 1. The molecule has 4 aromatic rings. The molecule has 2 aromatic carbocycles. The van der Waals surface area contributed by atoms with Crippen LogP contribution in [0.5, 0.6) is 0 Å². The molecule has 31 heavy (non-hydrogen) atoms. The Labute approximate surface area is 194 Å². The van der Waals surface area contributed by atoms with Gasteiger partial charge in [-0.2, -0.15) is 0 Å². The van der Waals surface area contributed by atoms with Gasteiger partial charge < -0.3 is 9.88 Å². The van der Waals surface area contributed by atoms with E-state index in [0.29, 0.717) is 15.9 Å². The van der Waals surface area contributed by atoms with E-state index in [9.17, 15) is 4.79 Å². The molecule has 0 spiro atoms. The summed E-state index contributed by atoms with van der Waals surface area (Å²) in [4.78, 5) is 13.5. The zero-order valence-electron chi connectivity index (χ0n) is 17.3. The quantitative estimate of drug-likeness (QED) is 0.341. The minimum atomic E-state index is -0.108. The summed E-state index contributed by atoms with van der Waals surface area (Å²) in [6.07, 6.45) is 0. The second-order valence-electron chi connectivity index (χ2n) is 7.16. The smallest absolute Gasteiger partial charge is 0.234 e. The van der Waals surface area contributed by atoms with Crippen LogP contribution in [0.25, 0.3) is 22.5 Å². The van der Waals surface area contributed by atoms with Crippen molar-refractivity contribution in [1.29, 1.82) is 0 Å². The minimum Gasteiger partial charge on any atom is -0.325 e. The number of halogens is 1. The lowest BCUT2D eigenvalue weighted by atomic mass is 10.0. The Morgan fingerprint density at radius 1 is 1.10 bits per heavy atom. The number of thioether (sulfide) groups is 1. The first kappa shape index (κ1) is 21.6. The van der Waals surface area contributed by atoms with Crippen LogP contribution < -0.4 is 5.32 Å². The van der Waals surface area contributed by atoms with Gasteiger partial charge in [0.25, 0.3) is 0 Å². The number of benzene rings is 2. The maximum Gasteiger partial charge on any atom is 0.234 e. The number of nitrogens with zero attached hydrogens (tertiary/aromatic N) is 3. The van der Waals surface area contributed by atoms with Gasteiger partial charge in [-0.1, -0.05) is 53.2 Å². The van der Waals surface area contributed by atoms with Gasteiger partial charge in [0.2, 0.25) is 5.91 Å². The molecule has 5 nitrogen and oxygen atoms in total. The lowest BCUT2D eigenvalue weighted by Crippen LogP contribution is -2.14. The number of nitrogens with one attached hydrogen (secondary N) is 1. The average Bonchev–Trinajstić information content (AvgIpc) is 3.31. The number of carbonyl (C=O) groups is 1. The molecule has 1 amide bonds. The van der Waals surface area contributed by atoms with Crippen molar-refractivity contribution in [3.63, 3.8) is 0 Å². The highest BCUT2D eigenvalue weighted by Crippen LogP contribution is 2.38. The Balaban J connectivity index is 1.51. The Morgan fingerprint density at radius 3 is 2.52 bits per heavy atom. The molecule has 0 radical (unpaired) electrons. The molecule has 0 aliphatic rings. The maximum atomic E-state index is 12.3. The van der Waals surface area contributed by atoms with Crippen molar-refractivity contribution in [3.8, 4) is 22.5 Å². The third kappa shape index (κ3) is 4.84. The second kappa shape index (κ2) is 9.26. The normalized spacial score (nSPS) is 11.0. The third-order valence-corrected chi connectivity index (χ3v) is 7.03. The SMILES string of the molecule is Cc1ccc(-c2c(-c3nnc(SCC(=O)Nc4ccc(Cl)cc4)n3C)csc2C)cc1. The molecule has 0 saturated carbocycles. The number of thiophene rings is 1. The Hall–Kier alpha value is -2.61. The molecule has 4 rings (SSSR count). The van der Waals surface area contributed by atoms with Gasteiger partial charge in [-0.15, -0.1) is 21.5 Å². The van der Waals surface area contributed by atoms with Crippen LogP contribution >= 0.6 is 34.7 Å². The molecule has 2 aromatic heterocycles. The molecule has 8 heteroatoms. The number of carbonyl (C=O) groups excluding carboxylic acids is 1. The van der Waals surface area contributed by atoms with Gasteiger partial charge in [0.1, 0.15) is 0 Å². The summed E-state index contributed by atoms with van der Waals surface area (Å²) in [5, 5.41) is 15.1. The highest BCUT2D eigenvalue weighted by atomic mass is 35.5. The third-order valence-electron chi connectivity index (χ3n) is 4.85. The molecule has 0 fully saturated rings. The van der Waals surface area contributed by atoms with Crippen molar-refractivity contribution in [2.75, 3.05) is 11.1 Å². The zero-order chi connectivity index (χ0) is 22.0. The van der Waals surface area contributed by atoms with E-state index in [4.69, 9.17) is 11.6 Å². The van der Waals surface area contributed by atoms with Crippen LogP contribution in [0.15, 0.2) is 59.1 Å². The fourth-order valence-corrected chi connectivity index (χ4v) is 4.93. The highest BCUT2D eigenvalue weighted by molar-refractivity contribution is 7.99. The molecule has 0 atom stereocenters. The summed E-state index contributed by atoms with van der Waals surface area (Å²) in [6, 6.07) is 15.6. The van der Waals surface area contributed by atoms with Crippen LogP contribution in [0.3, 0.4) is 0 Å². The summed E-state index contributed by atoms with van der Waals surface area (Å²) in [6.45, 7) is 4.21. The molecule has 158 valence electrons.